The molecule has 0 saturated carbocycles. The van der Waals surface area contributed by atoms with Gasteiger partial charge >= 0.3 is 143 Å². The molecule has 0 saturated heterocycles. The minimum absolute atomic E-state index is 0.105. The van der Waals surface area contributed by atoms with Crippen LogP contribution in [0.3, 0.4) is 0 Å². The normalized spacial score (nSPS) is 11.8. The van der Waals surface area contributed by atoms with E-state index in [0.717, 1.165) is 29.9 Å². The summed E-state index contributed by atoms with van der Waals surface area (Å²) < 4.78 is 7.19. The molecular formula is C14H11In2NO2. The van der Waals surface area contributed by atoms with Gasteiger partial charge in [-0.25, -0.2) is 0 Å². The third kappa shape index (κ3) is 4.21. The van der Waals surface area contributed by atoms with E-state index in [-0.39, 0.29) is 3.54 Å². The molecule has 0 aromatic heterocycles. The fraction of sp³-hybridized carbons (Fsp3) is 0.0714. The molecule has 3 nitrogen and oxygen atoms in total. The molecule has 4 radical (unpaired) electrons. The molecule has 1 atom stereocenters. The van der Waals surface area contributed by atoms with Crippen LogP contribution in [-0.4, -0.2) is 52.3 Å². The van der Waals surface area contributed by atoms with E-state index in [1.165, 1.54) is 3.32 Å². The van der Waals surface area contributed by atoms with Gasteiger partial charge in [0.15, 0.2) is 0 Å². The van der Waals surface area contributed by atoms with Gasteiger partial charge in [0, 0.05) is 0 Å². The zero-order valence-corrected chi connectivity index (χ0v) is 16.8. The molecule has 0 fully saturated rings. The number of hydrogen-bond acceptors (Lipinski definition) is 3. The van der Waals surface area contributed by atoms with Crippen molar-refractivity contribution in [3.8, 4) is 5.75 Å². The molecule has 1 unspecified atom stereocenters. The number of nitrogens with two attached hydrogens (primary N) is 1. The van der Waals surface area contributed by atoms with Crippen molar-refractivity contribution in [1.29, 1.82) is 0 Å². The van der Waals surface area contributed by atoms with Crippen LogP contribution in [0.4, 0.5) is 5.69 Å². The third-order valence-corrected chi connectivity index (χ3v) is 4.57. The fourth-order valence-corrected chi connectivity index (χ4v) is 2.98. The number of rotatable bonds is 4. The fourth-order valence-electron chi connectivity index (χ4n) is 1.69. The molecule has 0 amide bonds. The van der Waals surface area contributed by atoms with Crippen molar-refractivity contribution in [2.75, 3.05) is 5.73 Å². The van der Waals surface area contributed by atoms with E-state index in [4.69, 9.17) is 10.5 Å². The number of hydrogen-bond donors (Lipinski definition) is 1. The first kappa shape index (κ1) is 14.9. The Hall–Kier alpha value is -0.550. The quantitative estimate of drug-likeness (QED) is 0.698. The van der Waals surface area contributed by atoms with Crippen molar-refractivity contribution >= 4 is 61.3 Å². The first-order valence-corrected chi connectivity index (χ1v) is 9.03. The van der Waals surface area contributed by atoms with Crippen molar-refractivity contribution in [3.63, 3.8) is 0 Å². The van der Waals surface area contributed by atoms with Gasteiger partial charge in [-0.3, -0.25) is 0 Å². The van der Waals surface area contributed by atoms with Crippen molar-refractivity contribution in [2.24, 2.45) is 0 Å². The summed E-state index contributed by atoms with van der Waals surface area (Å²) in [5, 5.41) is 0. The van der Waals surface area contributed by atoms with Crippen LogP contribution in [0.2, 0.25) is 0 Å². The Bertz CT molecular complexity index is 584. The van der Waals surface area contributed by atoms with E-state index in [1.807, 2.05) is 36.4 Å². The van der Waals surface area contributed by atoms with Crippen molar-refractivity contribution in [3.05, 3.63) is 54.1 Å². The summed E-state index contributed by atoms with van der Waals surface area (Å²) in [6, 6.07) is 15.2. The summed E-state index contributed by atoms with van der Waals surface area (Å²) in [5.74, 6) is 0.627. The standard InChI is InChI=1S/C14H11NO2.2In/c15-12-7-4-8-13(9-12)17-14(10-16)11-5-2-1-3-6-11;;/h2-9,14H,15H2;;. The van der Waals surface area contributed by atoms with Crippen LogP contribution in [0.1, 0.15) is 11.7 Å². The molecule has 0 aliphatic rings. The van der Waals surface area contributed by atoms with E-state index < -0.39 is 6.10 Å². The first-order chi connectivity index (χ1) is 9.06. The van der Waals surface area contributed by atoms with Crippen molar-refractivity contribution < 1.29 is 9.53 Å². The number of carbonyl (C=O) groups excluding carboxylic acids is 1. The second-order valence-corrected chi connectivity index (χ2v) is 7.67. The Morgan fingerprint density at radius 1 is 1.16 bits per heavy atom. The third-order valence-electron chi connectivity index (χ3n) is 2.61. The number of benzene rings is 2. The van der Waals surface area contributed by atoms with Gasteiger partial charge in [-0.1, -0.05) is 0 Å². The number of ether oxygens (including phenoxy) is 1. The average Bonchev–Trinajstić information content (AvgIpc) is 2.37. The van der Waals surface area contributed by atoms with Gasteiger partial charge in [0.25, 0.3) is 0 Å². The molecule has 0 aliphatic heterocycles. The van der Waals surface area contributed by atoms with Gasteiger partial charge < -0.3 is 0 Å². The van der Waals surface area contributed by atoms with E-state index >= 15 is 0 Å². The van der Waals surface area contributed by atoms with Crippen LogP contribution in [0.5, 0.6) is 5.75 Å². The maximum atomic E-state index is 11.8. The molecular weight excluding hydrogens is 444 g/mol. The van der Waals surface area contributed by atoms with Crippen LogP contribution in [0, 0.1) is 0 Å². The molecule has 2 rings (SSSR count). The second-order valence-electron chi connectivity index (χ2n) is 4.14. The summed E-state index contributed by atoms with van der Waals surface area (Å²) in [4.78, 5) is 11.8. The predicted octanol–water partition coefficient (Wildman–Crippen LogP) is 0.878. The van der Waals surface area contributed by atoms with Gasteiger partial charge in [0.2, 0.25) is 0 Å². The zero-order chi connectivity index (χ0) is 13.8. The Kier molecular flexibility index (Phi) is 5.28. The van der Waals surface area contributed by atoms with E-state index in [2.05, 4.69) is 0 Å². The number of anilines is 1. The number of nitrogen functional groups attached to an aromatic ring is 1. The van der Waals surface area contributed by atoms with Crippen molar-refractivity contribution in [1.82, 2.24) is 0 Å². The Labute approximate surface area is 141 Å². The molecule has 0 bridgehead atoms. The molecule has 90 valence electrons. The van der Waals surface area contributed by atoms with Crippen LogP contribution in [0.15, 0.2) is 48.5 Å². The van der Waals surface area contributed by atoms with Gasteiger partial charge in [-0.05, 0) is 0 Å². The van der Waals surface area contributed by atoms with Crippen LogP contribution in [0.25, 0.3) is 0 Å². The molecule has 2 aromatic carbocycles. The van der Waals surface area contributed by atoms with Gasteiger partial charge in [0.1, 0.15) is 0 Å². The summed E-state index contributed by atoms with van der Waals surface area (Å²) in [6.07, 6.45) is -0.523. The monoisotopic (exact) mass is 455 g/mol. The van der Waals surface area contributed by atoms with Gasteiger partial charge in [0.05, 0.1) is 0 Å². The Morgan fingerprint density at radius 2 is 1.84 bits per heavy atom. The molecule has 19 heavy (non-hydrogen) atoms. The molecule has 0 aliphatic carbocycles. The molecule has 0 spiro atoms. The average molecular weight is 455 g/mol. The van der Waals surface area contributed by atoms with E-state index in [1.54, 1.807) is 12.1 Å². The Balaban J connectivity index is 2.26. The van der Waals surface area contributed by atoms with Crippen LogP contribution in [-0.2, 0) is 4.79 Å². The summed E-state index contributed by atoms with van der Waals surface area (Å²) in [7, 11) is 0. The van der Waals surface area contributed by atoms with E-state index in [0.29, 0.717) is 35.8 Å². The topological polar surface area (TPSA) is 52.3 Å². The summed E-state index contributed by atoms with van der Waals surface area (Å²) >= 11 is 1.60. The number of carbonyl (C=O) groups is 1. The van der Waals surface area contributed by atoms with Crippen molar-refractivity contribution in [2.45, 2.75) is 6.10 Å². The minimum atomic E-state index is -0.523. The summed E-state index contributed by atoms with van der Waals surface area (Å²) in [6.45, 7) is 0. The zero-order valence-electron chi connectivity index (χ0n) is 10.2. The Morgan fingerprint density at radius 3 is 2.42 bits per heavy atom. The molecule has 0 heterocycles. The van der Waals surface area contributed by atoms with E-state index in [9.17, 15) is 4.79 Å². The SMILES string of the molecule is Nc1cccc(OC([C](=O)[In])c2cc[c]([In])cc2)c1. The van der Waals surface area contributed by atoms with Crippen LogP contribution >= 0.6 is 0 Å². The molecule has 5 heteroatoms. The first-order valence-electron chi connectivity index (χ1n) is 5.73. The molecule has 2 aromatic rings. The van der Waals surface area contributed by atoms with Crippen LogP contribution < -0.4 is 13.8 Å². The predicted molar refractivity (Wildman–Crippen MR) is 76.8 cm³/mol. The second kappa shape index (κ2) is 6.75. The molecule has 2 N–H and O–H groups in total. The summed E-state index contributed by atoms with van der Waals surface area (Å²) in [5.41, 5.74) is 7.25. The van der Waals surface area contributed by atoms with Gasteiger partial charge in [-0.15, -0.1) is 0 Å². The maximum absolute atomic E-state index is 11.8. The van der Waals surface area contributed by atoms with Gasteiger partial charge in [-0.2, -0.15) is 0 Å².